The molecule has 0 saturated heterocycles. The Hall–Kier alpha value is -3.37. The molecule has 2 aromatic rings. The van der Waals surface area contributed by atoms with Gasteiger partial charge in [-0.05, 0) is 42.8 Å². The minimum absolute atomic E-state index is 0.113. The Balaban J connectivity index is 2.08. The van der Waals surface area contributed by atoms with Crippen molar-refractivity contribution >= 4 is 23.3 Å². The summed E-state index contributed by atoms with van der Waals surface area (Å²) in [7, 11) is 0. The van der Waals surface area contributed by atoms with Crippen LogP contribution in [0.25, 0.3) is 0 Å². The van der Waals surface area contributed by atoms with Crippen LogP contribution in [-0.2, 0) is 0 Å². The summed E-state index contributed by atoms with van der Waals surface area (Å²) in [6, 6.07) is 14.9. The number of rotatable bonds is 7. The average molecular weight is 366 g/mol. The minimum Gasteiger partial charge on any atom is -0.395 e. The van der Waals surface area contributed by atoms with Crippen LogP contribution in [0.5, 0.6) is 0 Å². The number of aliphatic hydroxyl groups is 1. The first kappa shape index (κ1) is 19.9. The van der Waals surface area contributed by atoms with Crippen LogP contribution >= 0.6 is 0 Å². The Morgan fingerprint density at radius 2 is 1.78 bits per heavy atom. The number of nitrogens with one attached hydrogen (secondary N) is 2. The van der Waals surface area contributed by atoms with Gasteiger partial charge >= 0.3 is 6.03 Å². The predicted octanol–water partition coefficient (Wildman–Crippen LogP) is 3.05. The van der Waals surface area contributed by atoms with Crippen LogP contribution < -0.4 is 10.6 Å². The lowest BCUT2D eigenvalue weighted by molar-refractivity contribution is 0.102. The molecule has 2 rings (SSSR count). The van der Waals surface area contributed by atoms with Gasteiger partial charge in [0, 0.05) is 30.0 Å². The standard InChI is InChI=1S/C20H22N4O3/c1-2-9-24(10-11-25)20(27)23-18-8-4-6-16(13-18)19(26)22-17-7-3-5-15(12-17)14-21/h3-8,12-13,25H,2,9-11H2,1H3,(H,22,26)(H,23,27). The highest BCUT2D eigenvalue weighted by Crippen LogP contribution is 2.15. The molecule has 3 N–H and O–H groups in total. The number of aliphatic hydroxyl groups excluding tert-OH is 1. The van der Waals surface area contributed by atoms with Gasteiger partial charge in [-0.15, -0.1) is 0 Å². The van der Waals surface area contributed by atoms with Gasteiger partial charge in [-0.2, -0.15) is 5.26 Å². The van der Waals surface area contributed by atoms with Crippen molar-refractivity contribution in [1.82, 2.24) is 4.90 Å². The van der Waals surface area contributed by atoms with E-state index < -0.39 is 0 Å². The van der Waals surface area contributed by atoms with E-state index in [1.807, 2.05) is 13.0 Å². The lowest BCUT2D eigenvalue weighted by Crippen LogP contribution is -2.37. The smallest absolute Gasteiger partial charge is 0.321 e. The number of hydrogen-bond donors (Lipinski definition) is 3. The first-order valence-electron chi connectivity index (χ1n) is 8.65. The Morgan fingerprint density at radius 1 is 1.07 bits per heavy atom. The first-order valence-corrected chi connectivity index (χ1v) is 8.65. The molecule has 2 aromatic carbocycles. The van der Waals surface area contributed by atoms with Gasteiger partial charge in [-0.3, -0.25) is 4.79 Å². The summed E-state index contributed by atoms with van der Waals surface area (Å²) in [6.45, 7) is 2.61. The Labute approximate surface area is 158 Å². The van der Waals surface area contributed by atoms with Crippen LogP contribution in [-0.4, -0.2) is 41.6 Å². The van der Waals surface area contributed by atoms with Gasteiger partial charge in [0.1, 0.15) is 0 Å². The molecule has 0 spiro atoms. The van der Waals surface area contributed by atoms with Gasteiger partial charge < -0.3 is 20.6 Å². The number of hydrogen-bond acceptors (Lipinski definition) is 4. The number of carbonyl (C=O) groups is 2. The van der Waals surface area contributed by atoms with E-state index in [-0.39, 0.29) is 25.1 Å². The van der Waals surface area contributed by atoms with Crippen LogP contribution in [0.15, 0.2) is 48.5 Å². The third kappa shape index (κ3) is 5.83. The number of carbonyl (C=O) groups excluding carboxylic acids is 2. The zero-order chi connectivity index (χ0) is 19.6. The lowest BCUT2D eigenvalue weighted by Gasteiger charge is -2.21. The maximum atomic E-state index is 12.4. The molecule has 0 aliphatic rings. The van der Waals surface area contributed by atoms with Crippen molar-refractivity contribution in [3.8, 4) is 6.07 Å². The first-order chi connectivity index (χ1) is 13.1. The van der Waals surface area contributed by atoms with E-state index in [4.69, 9.17) is 10.4 Å². The molecular formula is C20H22N4O3. The molecule has 0 radical (unpaired) electrons. The second-order valence-corrected chi connectivity index (χ2v) is 5.87. The summed E-state index contributed by atoms with van der Waals surface area (Å²) in [5.74, 6) is -0.345. The molecule has 7 nitrogen and oxygen atoms in total. The van der Waals surface area contributed by atoms with E-state index in [1.54, 1.807) is 48.5 Å². The molecule has 0 saturated carbocycles. The number of nitriles is 1. The Kier molecular flexibility index (Phi) is 7.35. The van der Waals surface area contributed by atoms with Gasteiger partial charge in [0.25, 0.3) is 5.91 Å². The third-order valence-corrected chi connectivity index (χ3v) is 3.78. The zero-order valence-electron chi connectivity index (χ0n) is 15.1. The molecule has 0 aliphatic carbocycles. The molecule has 7 heteroatoms. The number of nitrogens with zero attached hydrogens (tertiary/aromatic N) is 2. The van der Waals surface area contributed by atoms with E-state index in [0.717, 1.165) is 6.42 Å². The van der Waals surface area contributed by atoms with Gasteiger partial charge in [-0.1, -0.05) is 19.1 Å². The van der Waals surface area contributed by atoms with Crippen LogP contribution in [0.3, 0.4) is 0 Å². The normalized spacial score (nSPS) is 9.96. The fourth-order valence-electron chi connectivity index (χ4n) is 2.52. The molecule has 0 aromatic heterocycles. The lowest BCUT2D eigenvalue weighted by atomic mass is 10.1. The van der Waals surface area contributed by atoms with Crippen molar-refractivity contribution in [2.75, 3.05) is 30.3 Å². The monoisotopic (exact) mass is 366 g/mol. The molecule has 0 fully saturated rings. The fourth-order valence-corrected chi connectivity index (χ4v) is 2.52. The van der Waals surface area contributed by atoms with Crippen molar-refractivity contribution in [1.29, 1.82) is 5.26 Å². The van der Waals surface area contributed by atoms with Crippen molar-refractivity contribution in [3.63, 3.8) is 0 Å². The summed E-state index contributed by atoms with van der Waals surface area (Å²) in [6.07, 6.45) is 0.775. The summed E-state index contributed by atoms with van der Waals surface area (Å²) in [5, 5.41) is 23.5. The predicted molar refractivity (Wildman–Crippen MR) is 104 cm³/mol. The van der Waals surface area contributed by atoms with Crippen LogP contribution in [0, 0.1) is 11.3 Å². The van der Waals surface area contributed by atoms with E-state index in [2.05, 4.69) is 10.6 Å². The highest BCUT2D eigenvalue weighted by atomic mass is 16.3. The number of benzene rings is 2. The van der Waals surface area contributed by atoms with E-state index in [9.17, 15) is 9.59 Å². The van der Waals surface area contributed by atoms with Crippen molar-refractivity contribution in [2.24, 2.45) is 0 Å². The molecule has 140 valence electrons. The molecular weight excluding hydrogens is 344 g/mol. The highest BCUT2D eigenvalue weighted by molar-refractivity contribution is 6.05. The molecule has 27 heavy (non-hydrogen) atoms. The quantitative estimate of drug-likeness (QED) is 0.700. The van der Waals surface area contributed by atoms with Crippen molar-refractivity contribution in [3.05, 3.63) is 59.7 Å². The number of urea groups is 1. The maximum absolute atomic E-state index is 12.4. The van der Waals surface area contributed by atoms with E-state index in [0.29, 0.717) is 29.0 Å². The van der Waals surface area contributed by atoms with Crippen LogP contribution in [0.2, 0.25) is 0 Å². The van der Waals surface area contributed by atoms with Gasteiger partial charge in [0.15, 0.2) is 0 Å². The fraction of sp³-hybridized carbons (Fsp3) is 0.250. The third-order valence-electron chi connectivity index (χ3n) is 3.78. The van der Waals surface area contributed by atoms with Gasteiger partial charge in [-0.25, -0.2) is 4.79 Å². The summed E-state index contributed by atoms with van der Waals surface area (Å²) in [5.41, 5.74) is 1.83. The maximum Gasteiger partial charge on any atom is 0.321 e. The Morgan fingerprint density at radius 3 is 2.44 bits per heavy atom. The summed E-state index contributed by atoms with van der Waals surface area (Å²) < 4.78 is 0. The second-order valence-electron chi connectivity index (χ2n) is 5.87. The SMILES string of the molecule is CCCN(CCO)C(=O)Nc1cccc(C(=O)Nc2cccc(C#N)c2)c1. The summed E-state index contributed by atoms with van der Waals surface area (Å²) >= 11 is 0. The van der Waals surface area contributed by atoms with Gasteiger partial charge in [0.05, 0.1) is 18.2 Å². The average Bonchev–Trinajstić information content (AvgIpc) is 2.68. The minimum atomic E-state index is -0.345. The van der Waals surface area contributed by atoms with Crippen molar-refractivity contribution < 1.29 is 14.7 Å². The molecule has 0 aliphatic heterocycles. The summed E-state index contributed by atoms with van der Waals surface area (Å²) in [4.78, 5) is 26.3. The van der Waals surface area contributed by atoms with E-state index >= 15 is 0 Å². The van der Waals surface area contributed by atoms with Crippen LogP contribution in [0.4, 0.5) is 16.2 Å². The molecule has 0 heterocycles. The van der Waals surface area contributed by atoms with Crippen molar-refractivity contribution in [2.45, 2.75) is 13.3 Å². The van der Waals surface area contributed by atoms with Gasteiger partial charge in [0.2, 0.25) is 0 Å². The number of amides is 3. The molecule has 3 amide bonds. The number of anilines is 2. The zero-order valence-corrected chi connectivity index (χ0v) is 15.1. The largest absolute Gasteiger partial charge is 0.395 e. The van der Waals surface area contributed by atoms with Crippen LogP contribution in [0.1, 0.15) is 29.3 Å². The Bertz CT molecular complexity index is 839. The molecule has 0 bridgehead atoms. The van der Waals surface area contributed by atoms with E-state index in [1.165, 1.54) is 4.90 Å². The second kappa shape index (κ2) is 9.94. The molecule has 0 atom stereocenters. The molecule has 0 unspecified atom stereocenters. The topological polar surface area (TPSA) is 105 Å². The highest BCUT2D eigenvalue weighted by Gasteiger charge is 2.13.